The molecule has 0 bridgehead atoms. The molecule has 0 spiro atoms. The fraction of sp³-hybridized carbons (Fsp3) is 0.300. The average Bonchev–Trinajstić information content (AvgIpc) is 2.55. The Kier molecular flexibility index (Phi) is 5.47. The molecule has 0 atom stereocenters. The first-order chi connectivity index (χ1) is 11.7. The van der Waals surface area contributed by atoms with E-state index in [-0.39, 0.29) is 17.7 Å². The quantitative estimate of drug-likeness (QED) is 0.865. The number of benzene rings is 2. The minimum Gasteiger partial charge on any atom is -0.496 e. The maximum absolute atomic E-state index is 12.4. The van der Waals surface area contributed by atoms with E-state index in [2.05, 4.69) is 26.1 Å². The fourth-order valence-corrected chi connectivity index (χ4v) is 2.46. The summed E-state index contributed by atoms with van der Waals surface area (Å²) in [6.45, 7) is 6.35. The van der Waals surface area contributed by atoms with E-state index in [4.69, 9.17) is 9.84 Å². The van der Waals surface area contributed by atoms with Crippen LogP contribution in [0.1, 0.15) is 42.3 Å². The van der Waals surface area contributed by atoms with Crippen molar-refractivity contribution in [2.75, 3.05) is 12.4 Å². The Balaban J connectivity index is 2.16. The van der Waals surface area contributed by atoms with E-state index in [0.717, 1.165) is 5.56 Å². The number of carbonyl (C=O) groups is 2. The van der Waals surface area contributed by atoms with Crippen LogP contribution >= 0.6 is 0 Å². The van der Waals surface area contributed by atoms with E-state index in [0.29, 0.717) is 22.6 Å². The van der Waals surface area contributed by atoms with E-state index in [1.54, 1.807) is 30.3 Å². The highest BCUT2D eigenvalue weighted by Crippen LogP contribution is 2.25. The number of methoxy groups -OCH3 is 1. The first-order valence-electron chi connectivity index (χ1n) is 8.01. The van der Waals surface area contributed by atoms with Gasteiger partial charge in [-0.05, 0) is 29.2 Å². The lowest BCUT2D eigenvalue weighted by atomic mass is 9.87. The van der Waals surface area contributed by atoms with Crippen LogP contribution in [0.5, 0.6) is 5.75 Å². The zero-order chi connectivity index (χ0) is 18.6. The van der Waals surface area contributed by atoms with Gasteiger partial charge in [-0.1, -0.05) is 39.0 Å². The Morgan fingerprint density at radius 2 is 1.72 bits per heavy atom. The normalized spacial score (nSPS) is 11.0. The number of ether oxygens (including phenoxy) is 1. The molecule has 0 saturated heterocycles. The van der Waals surface area contributed by atoms with Crippen LogP contribution in [0.3, 0.4) is 0 Å². The largest absolute Gasteiger partial charge is 0.496 e. The second kappa shape index (κ2) is 7.38. The predicted molar refractivity (Wildman–Crippen MR) is 97.4 cm³/mol. The first kappa shape index (κ1) is 18.5. The number of nitrogens with one attached hydrogen (secondary N) is 1. The molecule has 2 N–H and O–H groups in total. The van der Waals surface area contributed by atoms with Crippen molar-refractivity contribution in [3.05, 3.63) is 59.2 Å². The third kappa shape index (κ3) is 4.83. The van der Waals surface area contributed by atoms with Crippen LogP contribution in [0, 0.1) is 0 Å². The van der Waals surface area contributed by atoms with Crippen molar-refractivity contribution in [3.63, 3.8) is 0 Å². The van der Waals surface area contributed by atoms with Crippen LogP contribution in [-0.2, 0) is 16.6 Å². The number of rotatable bonds is 5. The highest BCUT2D eigenvalue weighted by atomic mass is 16.5. The molecule has 0 radical (unpaired) electrons. The molecule has 0 heterocycles. The molecule has 0 aliphatic heterocycles. The van der Waals surface area contributed by atoms with Crippen LogP contribution in [0.2, 0.25) is 0 Å². The van der Waals surface area contributed by atoms with Gasteiger partial charge in [0.1, 0.15) is 5.75 Å². The lowest BCUT2D eigenvalue weighted by Crippen LogP contribution is -2.14. The summed E-state index contributed by atoms with van der Waals surface area (Å²) in [5.41, 5.74) is 2.85. The summed E-state index contributed by atoms with van der Waals surface area (Å²) in [6, 6.07) is 12.4. The van der Waals surface area contributed by atoms with E-state index >= 15 is 0 Å². The third-order valence-electron chi connectivity index (χ3n) is 3.90. The number of amides is 1. The van der Waals surface area contributed by atoms with Crippen molar-refractivity contribution < 1.29 is 19.4 Å². The summed E-state index contributed by atoms with van der Waals surface area (Å²) < 4.78 is 5.21. The molecule has 2 rings (SSSR count). The van der Waals surface area contributed by atoms with Crippen molar-refractivity contribution >= 4 is 17.6 Å². The van der Waals surface area contributed by atoms with Gasteiger partial charge in [-0.25, -0.2) is 0 Å². The number of hydrogen-bond acceptors (Lipinski definition) is 3. The van der Waals surface area contributed by atoms with Crippen LogP contribution < -0.4 is 10.1 Å². The number of aliphatic carboxylic acids is 1. The summed E-state index contributed by atoms with van der Waals surface area (Å²) in [7, 11) is 1.47. The van der Waals surface area contributed by atoms with Crippen LogP contribution in [0.4, 0.5) is 5.69 Å². The summed E-state index contributed by atoms with van der Waals surface area (Å²) in [5, 5.41) is 11.7. The summed E-state index contributed by atoms with van der Waals surface area (Å²) in [6.07, 6.45) is -0.133. The van der Waals surface area contributed by atoms with E-state index in [1.807, 2.05) is 12.1 Å². The molecule has 0 aliphatic carbocycles. The molecule has 0 fully saturated rings. The maximum atomic E-state index is 12.4. The summed E-state index contributed by atoms with van der Waals surface area (Å²) >= 11 is 0. The van der Waals surface area contributed by atoms with E-state index in [1.165, 1.54) is 7.11 Å². The second-order valence-corrected chi connectivity index (χ2v) is 6.88. The van der Waals surface area contributed by atoms with Crippen LogP contribution in [0.25, 0.3) is 0 Å². The molecular weight excluding hydrogens is 318 g/mol. The Labute approximate surface area is 147 Å². The number of hydrogen-bond donors (Lipinski definition) is 2. The van der Waals surface area contributed by atoms with Gasteiger partial charge in [0.25, 0.3) is 5.91 Å². The van der Waals surface area contributed by atoms with Crippen LogP contribution in [-0.4, -0.2) is 24.1 Å². The van der Waals surface area contributed by atoms with Gasteiger partial charge < -0.3 is 15.2 Å². The predicted octanol–water partition coefficient (Wildman–Crippen LogP) is 3.87. The summed E-state index contributed by atoms with van der Waals surface area (Å²) in [5.74, 6) is -0.731. The number of carboxylic acid groups (broad SMARTS) is 1. The fourth-order valence-electron chi connectivity index (χ4n) is 2.46. The smallest absolute Gasteiger partial charge is 0.307 e. The van der Waals surface area contributed by atoms with Gasteiger partial charge in [0.05, 0.1) is 13.5 Å². The van der Waals surface area contributed by atoms with Gasteiger partial charge in [0, 0.05) is 22.9 Å². The molecule has 132 valence electrons. The minimum atomic E-state index is -0.936. The lowest BCUT2D eigenvalue weighted by molar-refractivity contribution is -0.136. The van der Waals surface area contributed by atoms with Gasteiger partial charge in [-0.2, -0.15) is 0 Å². The maximum Gasteiger partial charge on any atom is 0.307 e. The van der Waals surface area contributed by atoms with Gasteiger partial charge >= 0.3 is 5.97 Å². The molecule has 2 aromatic rings. The van der Waals surface area contributed by atoms with Gasteiger partial charge in [-0.15, -0.1) is 0 Å². The zero-order valence-electron chi connectivity index (χ0n) is 14.9. The number of carbonyl (C=O) groups excluding carboxylic acids is 1. The Morgan fingerprint density at radius 3 is 2.24 bits per heavy atom. The second-order valence-electron chi connectivity index (χ2n) is 6.88. The van der Waals surface area contributed by atoms with Crippen LogP contribution in [0.15, 0.2) is 42.5 Å². The monoisotopic (exact) mass is 341 g/mol. The molecule has 5 nitrogen and oxygen atoms in total. The molecule has 0 saturated carbocycles. The molecule has 1 amide bonds. The van der Waals surface area contributed by atoms with Crippen molar-refractivity contribution in [1.29, 1.82) is 0 Å². The Bertz CT molecular complexity index is 773. The number of carboxylic acids is 1. The Morgan fingerprint density at radius 1 is 1.08 bits per heavy atom. The van der Waals surface area contributed by atoms with Gasteiger partial charge in [0.15, 0.2) is 0 Å². The Hall–Kier alpha value is -2.82. The molecular formula is C20H23NO4. The standard InChI is InChI=1S/C20H23NO4/c1-20(2,3)15-8-5-13(6-9-15)19(24)21-16-10-7-14(11-18(22)23)17(12-16)25-4/h5-10,12H,11H2,1-4H3,(H,21,24)(H,22,23). The average molecular weight is 341 g/mol. The highest BCUT2D eigenvalue weighted by Gasteiger charge is 2.15. The van der Waals surface area contributed by atoms with Crippen molar-refractivity contribution in [1.82, 2.24) is 0 Å². The molecule has 0 aliphatic rings. The van der Waals surface area contributed by atoms with Gasteiger partial charge in [0.2, 0.25) is 0 Å². The zero-order valence-corrected chi connectivity index (χ0v) is 14.9. The molecule has 25 heavy (non-hydrogen) atoms. The molecule has 0 unspecified atom stereocenters. The van der Waals surface area contributed by atoms with E-state index < -0.39 is 5.97 Å². The molecule has 5 heteroatoms. The minimum absolute atomic E-state index is 0.0301. The highest BCUT2D eigenvalue weighted by molar-refractivity contribution is 6.04. The van der Waals surface area contributed by atoms with E-state index in [9.17, 15) is 9.59 Å². The number of anilines is 1. The SMILES string of the molecule is COc1cc(NC(=O)c2ccc(C(C)(C)C)cc2)ccc1CC(=O)O. The summed E-state index contributed by atoms with van der Waals surface area (Å²) in [4.78, 5) is 23.2. The molecule has 0 aromatic heterocycles. The topological polar surface area (TPSA) is 75.6 Å². The lowest BCUT2D eigenvalue weighted by Gasteiger charge is -2.19. The van der Waals surface area contributed by atoms with Gasteiger partial charge in [-0.3, -0.25) is 9.59 Å². The third-order valence-corrected chi connectivity index (χ3v) is 3.90. The first-order valence-corrected chi connectivity index (χ1v) is 8.01. The molecule has 2 aromatic carbocycles. The van der Waals surface area contributed by atoms with Crippen molar-refractivity contribution in [2.45, 2.75) is 32.6 Å². The van der Waals surface area contributed by atoms with Crippen molar-refractivity contribution in [2.24, 2.45) is 0 Å². The van der Waals surface area contributed by atoms with Crippen molar-refractivity contribution in [3.8, 4) is 5.75 Å².